The molecule has 0 aliphatic carbocycles. The Morgan fingerprint density at radius 3 is 2.57 bits per heavy atom. The van der Waals surface area contributed by atoms with Gasteiger partial charge in [-0.3, -0.25) is 5.10 Å². The summed E-state index contributed by atoms with van der Waals surface area (Å²) < 4.78 is 0. The third kappa shape index (κ3) is 1.77. The lowest BCUT2D eigenvalue weighted by Crippen LogP contribution is -1.86. The zero-order valence-electron chi connectivity index (χ0n) is 7.74. The summed E-state index contributed by atoms with van der Waals surface area (Å²) in [6.07, 6.45) is 0. The average Bonchev–Trinajstić information content (AvgIpc) is 2.68. The lowest BCUT2D eigenvalue weighted by atomic mass is 10.2. The number of H-pyrrole nitrogens is 1. The van der Waals surface area contributed by atoms with E-state index < -0.39 is 0 Å². The average molecular weight is 208 g/mol. The fourth-order valence-electron chi connectivity index (χ4n) is 1.17. The largest absolute Gasteiger partial charge is 0.261 e. The fourth-order valence-corrected chi connectivity index (χ4v) is 1.27. The number of hydrogen-bond donors (Lipinski definition) is 1. The first-order valence-corrected chi connectivity index (χ1v) is 4.83. The van der Waals surface area contributed by atoms with Crippen molar-refractivity contribution in [2.75, 3.05) is 0 Å². The molecule has 2 aromatic rings. The third-order valence-corrected chi connectivity index (χ3v) is 2.12. The molecule has 0 aliphatic heterocycles. The van der Waals surface area contributed by atoms with E-state index in [1.54, 1.807) is 0 Å². The summed E-state index contributed by atoms with van der Waals surface area (Å²) >= 11 is 5.87. The van der Waals surface area contributed by atoms with Crippen LogP contribution in [-0.4, -0.2) is 15.2 Å². The molecule has 0 aliphatic rings. The van der Waals surface area contributed by atoms with Gasteiger partial charge >= 0.3 is 0 Å². The van der Waals surface area contributed by atoms with Gasteiger partial charge in [-0.15, -0.1) is 11.6 Å². The minimum atomic E-state index is -0.139. The first-order valence-electron chi connectivity index (χ1n) is 4.39. The molecule has 1 heterocycles. The summed E-state index contributed by atoms with van der Waals surface area (Å²) in [6.45, 7) is 1.86. The zero-order valence-corrected chi connectivity index (χ0v) is 8.49. The van der Waals surface area contributed by atoms with Gasteiger partial charge in [0.05, 0.1) is 5.38 Å². The van der Waals surface area contributed by atoms with Gasteiger partial charge in [-0.25, -0.2) is 4.98 Å². The van der Waals surface area contributed by atoms with Crippen LogP contribution in [-0.2, 0) is 0 Å². The number of benzene rings is 1. The van der Waals surface area contributed by atoms with Crippen LogP contribution in [0.2, 0.25) is 0 Å². The van der Waals surface area contributed by atoms with Crippen molar-refractivity contribution < 1.29 is 0 Å². The summed E-state index contributed by atoms with van der Waals surface area (Å²) in [4.78, 5) is 4.28. The maximum atomic E-state index is 5.87. The van der Waals surface area contributed by atoms with Crippen molar-refractivity contribution in [1.82, 2.24) is 15.2 Å². The van der Waals surface area contributed by atoms with Crippen molar-refractivity contribution in [3.63, 3.8) is 0 Å². The van der Waals surface area contributed by atoms with Crippen LogP contribution in [0.5, 0.6) is 0 Å². The summed E-state index contributed by atoms with van der Waals surface area (Å²) in [7, 11) is 0. The second-order valence-electron chi connectivity index (χ2n) is 3.03. The number of rotatable bonds is 2. The normalized spacial score (nSPS) is 12.7. The highest BCUT2D eigenvalue weighted by Gasteiger charge is 2.08. The Morgan fingerprint density at radius 2 is 2.00 bits per heavy atom. The molecule has 14 heavy (non-hydrogen) atoms. The second kappa shape index (κ2) is 3.80. The first kappa shape index (κ1) is 9.21. The standard InChI is InChI=1S/C10H10ClN3/c1-7(11)9-12-10(14-13-9)8-5-3-2-4-6-8/h2-7H,1H3,(H,12,13,14). The predicted molar refractivity (Wildman–Crippen MR) is 56.1 cm³/mol. The summed E-state index contributed by atoms with van der Waals surface area (Å²) in [5.74, 6) is 1.39. The van der Waals surface area contributed by atoms with E-state index in [0.29, 0.717) is 11.6 Å². The fraction of sp³-hybridized carbons (Fsp3) is 0.200. The van der Waals surface area contributed by atoms with Crippen LogP contribution in [0.4, 0.5) is 0 Å². The maximum Gasteiger partial charge on any atom is 0.181 e. The van der Waals surface area contributed by atoms with Crippen LogP contribution < -0.4 is 0 Å². The molecule has 4 heteroatoms. The molecule has 1 unspecified atom stereocenters. The molecule has 1 N–H and O–H groups in total. The molecule has 0 saturated heterocycles. The molecule has 0 radical (unpaired) electrons. The smallest absolute Gasteiger partial charge is 0.181 e. The Kier molecular flexibility index (Phi) is 2.50. The van der Waals surface area contributed by atoms with Gasteiger partial charge in [0, 0.05) is 5.56 Å². The van der Waals surface area contributed by atoms with Crippen molar-refractivity contribution in [1.29, 1.82) is 0 Å². The van der Waals surface area contributed by atoms with Crippen LogP contribution in [0.25, 0.3) is 11.4 Å². The van der Waals surface area contributed by atoms with Gasteiger partial charge in [-0.05, 0) is 6.92 Å². The Labute approximate surface area is 87.1 Å². The van der Waals surface area contributed by atoms with E-state index in [-0.39, 0.29) is 5.38 Å². The lowest BCUT2D eigenvalue weighted by molar-refractivity contribution is 0.918. The van der Waals surface area contributed by atoms with E-state index in [9.17, 15) is 0 Å². The van der Waals surface area contributed by atoms with Crippen LogP contribution in [0, 0.1) is 0 Å². The van der Waals surface area contributed by atoms with E-state index in [1.807, 2.05) is 37.3 Å². The number of halogens is 1. The number of nitrogens with zero attached hydrogens (tertiary/aromatic N) is 2. The highest BCUT2D eigenvalue weighted by molar-refractivity contribution is 6.20. The van der Waals surface area contributed by atoms with Crippen LogP contribution >= 0.6 is 11.6 Å². The van der Waals surface area contributed by atoms with E-state index >= 15 is 0 Å². The van der Waals surface area contributed by atoms with Crippen LogP contribution in [0.1, 0.15) is 18.1 Å². The molecule has 0 spiro atoms. The van der Waals surface area contributed by atoms with Crippen molar-refractivity contribution in [3.05, 3.63) is 36.2 Å². The third-order valence-electron chi connectivity index (χ3n) is 1.91. The quantitative estimate of drug-likeness (QED) is 0.770. The number of hydrogen-bond acceptors (Lipinski definition) is 2. The molecule has 0 bridgehead atoms. The first-order chi connectivity index (χ1) is 6.77. The molecule has 1 aromatic carbocycles. The molecule has 2 rings (SSSR count). The van der Waals surface area contributed by atoms with Gasteiger partial charge in [-0.2, -0.15) is 5.10 Å². The van der Waals surface area contributed by atoms with Gasteiger partial charge in [0.1, 0.15) is 5.82 Å². The summed E-state index contributed by atoms with van der Waals surface area (Å²) in [6, 6.07) is 9.80. The predicted octanol–water partition coefficient (Wildman–Crippen LogP) is 2.77. The van der Waals surface area contributed by atoms with Crippen molar-refractivity contribution in [3.8, 4) is 11.4 Å². The Morgan fingerprint density at radius 1 is 1.29 bits per heavy atom. The Balaban J connectivity index is 2.34. The number of aromatic amines is 1. The van der Waals surface area contributed by atoms with E-state index in [1.165, 1.54) is 0 Å². The molecule has 0 amide bonds. The topological polar surface area (TPSA) is 41.6 Å². The highest BCUT2D eigenvalue weighted by atomic mass is 35.5. The minimum Gasteiger partial charge on any atom is -0.261 e. The van der Waals surface area contributed by atoms with E-state index in [0.717, 1.165) is 5.56 Å². The van der Waals surface area contributed by atoms with Crippen molar-refractivity contribution in [2.45, 2.75) is 12.3 Å². The van der Waals surface area contributed by atoms with Gasteiger partial charge in [0.25, 0.3) is 0 Å². The molecular weight excluding hydrogens is 198 g/mol. The molecule has 72 valence electrons. The van der Waals surface area contributed by atoms with Crippen molar-refractivity contribution in [2.24, 2.45) is 0 Å². The molecule has 1 aromatic heterocycles. The monoisotopic (exact) mass is 207 g/mol. The number of alkyl halides is 1. The van der Waals surface area contributed by atoms with Gasteiger partial charge < -0.3 is 0 Å². The van der Waals surface area contributed by atoms with E-state index in [4.69, 9.17) is 11.6 Å². The Hall–Kier alpha value is -1.35. The molecule has 1 atom stereocenters. The number of nitrogens with one attached hydrogen (secondary N) is 1. The lowest BCUT2D eigenvalue weighted by Gasteiger charge is -1.93. The van der Waals surface area contributed by atoms with E-state index in [2.05, 4.69) is 15.2 Å². The van der Waals surface area contributed by atoms with Crippen LogP contribution in [0.3, 0.4) is 0 Å². The SMILES string of the molecule is CC(Cl)c1nc(-c2ccccc2)n[nH]1. The second-order valence-corrected chi connectivity index (χ2v) is 3.68. The summed E-state index contributed by atoms with van der Waals surface area (Å²) in [5.41, 5.74) is 0.993. The molecular formula is C10H10ClN3. The Bertz CT molecular complexity index is 408. The van der Waals surface area contributed by atoms with Crippen molar-refractivity contribution >= 4 is 11.6 Å². The highest BCUT2D eigenvalue weighted by Crippen LogP contribution is 2.19. The minimum absolute atomic E-state index is 0.139. The van der Waals surface area contributed by atoms with Crippen LogP contribution in [0.15, 0.2) is 30.3 Å². The molecule has 0 fully saturated rings. The van der Waals surface area contributed by atoms with Gasteiger partial charge in [0.15, 0.2) is 5.82 Å². The zero-order chi connectivity index (χ0) is 9.97. The maximum absolute atomic E-state index is 5.87. The summed E-state index contributed by atoms with van der Waals surface area (Å²) in [5, 5.41) is 6.76. The molecule has 0 saturated carbocycles. The van der Waals surface area contributed by atoms with Gasteiger partial charge in [-0.1, -0.05) is 30.3 Å². The number of aromatic nitrogens is 3. The van der Waals surface area contributed by atoms with Gasteiger partial charge in [0.2, 0.25) is 0 Å². The molecule has 3 nitrogen and oxygen atoms in total.